The van der Waals surface area contributed by atoms with Gasteiger partial charge < -0.3 is 5.32 Å². The monoisotopic (exact) mass is 429 g/mol. The van der Waals surface area contributed by atoms with Crippen LogP contribution in [-0.2, 0) is 0 Å². The average Bonchev–Trinajstić information content (AvgIpc) is 3.07. The summed E-state index contributed by atoms with van der Waals surface area (Å²) in [5.41, 5.74) is 4.34. The van der Waals surface area contributed by atoms with Crippen LogP contribution in [0, 0.1) is 18.3 Å². The van der Waals surface area contributed by atoms with Gasteiger partial charge in [0, 0.05) is 26.6 Å². The molecular formula is C19H13BrClN3S. The van der Waals surface area contributed by atoms with Crippen molar-refractivity contribution in [1.82, 2.24) is 4.98 Å². The Hall–Kier alpha value is -2.13. The second-order valence-electron chi connectivity index (χ2n) is 5.34. The van der Waals surface area contributed by atoms with Crippen LogP contribution in [0.1, 0.15) is 10.6 Å². The van der Waals surface area contributed by atoms with E-state index in [4.69, 9.17) is 11.6 Å². The summed E-state index contributed by atoms with van der Waals surface area (Å²) in [6.07, 6.45) is 1.68. The van der Waals surface area contributed by atoms with E-state index in [0.717, 1.165) is 27.0 Å². The number of benzene rings is 2. The van der Waals surface area contributed by atoms with Crippen molar-refractivity contribution in [1.29, 1.82) is 5.26 Å². The number of nitrogens with one attached hydrogen (secondary N) is 1. The molecule has 124 valence electrons. The predicted octanol–water partition coefficient (Wildman–Crippen LogP) is 6.51. The van der Waals surface area contributed by atoms with Crippen LogP contribution in [0.2, 0.25) is 5.02 Å². The molecule has 0 unspecified atom stereocenters. The normalized spacial score (nSPS) is 11.2. The largest absolute Gasteiger partial charge is 0.359 e. The molecular weight excluding hydrogens is 418 g/mol. The van der Waals surface area contributed by atoms with E-state index < -0.39 is 0 Å². The highest BCUT2D eigenvalue weighted by atomic mass is 79.9. The molecule has 0 aliphatic carbocycles. The number of nitriles is 1. The summed E-state index contributed by atoms with van der Waals surface area (Å²) in [6.45, 7) is 2.03. The fourth-order valence-corrected chi connectivity index (χ4v) is 3.71. The van der Waals surface area contributed by atoms with Crippen molar-refractivity contribution in [3.63, 3.8) is 0 Å². The Labute approximate surface area is 163 Å². The summed E-state index contributed by atoms with van der Waals surface area (Å²) in [5, 5.41) is 15.9. The van der Waals surface area contributed by atoms with Gasteiger partial charge >= 0.3 is 0 Å². The van der Waals surface area contributed by atoms with E-state index in [-0.39, 0.29) is 0 Å². The van der Waals surface area contributed by atoms with E-state index in [1.165, 1.54) is 11.3 Å². The van der Waals surface area contributed by atoms with E-state index in [1.807, 2.05) is 54.8 Å². The Morgan fingerprint density at radius 3 is 2.72 bits per heavy atom. The van der Waals surface area contributed by atoms with E-state index in [2.05, 4.69) is 32.3 Å². The van der Waals surface area contributed by atoms with Gasteiger partial charge in [-0.05, 0) is 52.7 Å². The maximum atomic E-state index is 9.47. The van der Waals surface area contributed by atoms with E-state index in [0.29, 0.717) is 15.6 Å². The molecule has 0 aliphatic heterocycles. The molecule has 0 bridgehead atoms. The van der Waals surface area contributed by atoms with Gasteiger partial charge in [0.25, 0.3) is 0 Å². The molecule has 0 fully saturated rings. The third kappa shape index (κ3) is 4.29. The minimum absolute atomic E-state index is 0.484. The van der Waals surface area contributed by atoms with Crippen molar-refractivity contribution >= 4 is 50.1 Å². The lowest BCUT2D eigenvalue weighted by molar-refractivity contribution is 1.36. The highest BCUT2D eigenvalue weighted by molar-refractivity contribution is 9.10. The fraction of sp³-hybridized carbons (Fsp3) is 0.0526. The maximum absolute atomic E-state index is 9.47. The lowest BCUT2D eigenvalue weighted by Gasteiger charge is -2.05. The van der Waals surface area contributed by atoms with Crippen LogP contribution in [0.4, 0.5) is 5.69 Å². The van der Waals surface area contributed by atoms with Crippen molar-refractivity contribution in [2.75, 3.05) is 5.32 Å². The van der Waals surface area contributed by atoms with Gasteiger partial charge in [0.15, 0.2) is 0 Å². The Bertz CT molecular complexity index is 971. The number of aryl methyl sites for hydroxylation is 1. The number of hydrogen-bond donors (Lipinski definition) is 1. The fourth-order valence-electron chi connectivity index (χ4n) is 2.18. The van der Waals surface area contributed by atoms with Gasteiger partial charge in [-0.2, -0.15) is 5.26 Å². The Balaban J connectivity index is 1.84. The van der Waals surface area contributed by atoms with Gasteiger partial charge in [0.2, 0.25) is 0 Å². The summed E-state index contributed by atoms with van der Waals surface area (Å²) in [5.74, 6) is 0. The first kappa shape index (κ1) is 17.7. The van der Waals surface area contributed by atoms with Crippen LogP contribution in [-0.4, -0.2) is 4.98 Å². The maximum Gasteiger partial charge on any atom is 0.136 e. The minimum Gasteiger partial charge on any atom is -0.359 e. The van der Waals surface area contributed by atoms with Gasteiger partial charge in [0.1, 0.15) is 16.6 Å². The van der Waals surface area contributed by atoms with Gasteiger partial charge in [0.05, 0.1) is 11.4 Å². The number of thiazole rings is 1. The third-order valence-electron chi connectivity index (χ3n) is 3.49. The summed E-state index contributed by atoms with van der Waals surface area (Å²) in [4.78, 5) is 4.56. The molecule has 1 aromatic heterocycles. The summed E-state index contributed by atoms with van der Waals surface area (Å²) < 4.78 is 0.946. The van der Waals surface area contributed by atoms with Crippen LogP contribution in [0.5, 0.6) is 0 Å². The number of aromatic nitrogens is 1. The van der Waals surface area contributed by atoms with E-state index >= 15 is 0 Å². The smallest absolute Gasteiger partial charge is 0.136 e. The highest BCUT2D eigenvalue weighted by Crippen LogP contribution is 2.28. The van der Waals surface area contributed by atoms with E-state index in [9.17, 15) is 5.26 Å². The molecule has 0 spiro atoms. The van der Waals surface area contributed by atoms with Crippen LogP contribution in [0.3, 0.4) is 0 Å². The molecule has 3 nitrogen and oxygen atoms in total. The van der Waals surface area contributed by atoms with Crippen LogP contribution < -0.4 is 5.32 Å². The van der Waals surface area contributed by atoms with Crippen molar-refractivity contribution in [3.05, 3.63) is 74.1 Å². The molecule has 0 atom stereocenters. The number of rotatable bonds is 4. The second-order valence-corrected chi connectivity index (χ2v) is 7.49. The molecule has 2 aromatic carbocycles. The Kier molecular flexibility index (Phi) is 5.54. The van der Waals surface area contributed by atoms with Crippen LogP contribution >= 0.6 is 38.9 Å². The minimum atomic E-state index is 0.484. The SMILES string of the molecule is Cc1ccc(N/C=C(\C#N)c2nc(-c3ccc(Cl)cc3)cs2)c(Br)c1. The molecule has 0 saturated heterocycles. The molecule has 3 rings (SSSR count). The van der Waals surface area contributed by atoms with Crippen LogP contribution in [0.25, 0.3) is 16.8 Å². The molecule has 0 saturated carbocycles. The van der Waals surface area contributed by atoms with Gasteiger partial charge in [-0.3, -0.25) is 0 Å². The van der Waals surface area contributed by atoms with Crippen LogP contribution in [0.15, 0.2) is 58.5 Å². The summed E-state index contributed by atoms with van der Waals surface area (Å²) in [6, 6.07) is 15.7. The van der Waals surface area contributed by atoms with Gasteiger partial charge in [-0.15, -0.1) is 11.3 Å². The molecule has 0 radical (unpaired) electrons. The molecule has 1 heterocycles. The number of hydrogen-bond acceptors (Lipinski definition) is 4. The molecule has 1 N–H and O–H groups in total. The number of halogens is 2. The zero-order valence-corrected chi connectivity index (χ0v) is 16.4. The highest BCUT2D eigenvalue weighted by Gasteiger charge is 2.09. The molecule has 0 aliphatic rings. The van der Waals surface area contributed by atoms with Crippen molar-refractivity contribution in [2.45, 2.75) is 6.92 Å². The molecule has 6 heteroatoms. The topological polar surface area (TPSA) is 48.7 Å². The predicted molar refractivity (Wildman–Crippen MR) is 109 cm³/mol. The lowest BCUT2D eigenvalue weighted by Crippen LogP contribution is -1.92. The van der Waals surface area contributed by atoms with Gasteiger partial charge in [-0.1, -0.05) is 29.8 Å². The van der Waals surface area contributed by atoms with E-state index in [1.54, 1.807) is 6.20 Å². The lowest BCUT2D eigenvalue weighted by atomic mass is 10.2. The van der Waals surface area contributed by atoms with Crippen molar-refractivity contribution < 1.29 is 0 Å². The van der Waals surface area contributed by atoms with Crippen molar-refractivity contribution in [3.8, 4) is 17.3 Å². The molecule has 0 amide bonds. The number of allylic oxidation sites excluding steroid dienone is 1. The first-order valence-electron chi connectivity index (χ1n) is 7.41. The Morgan fingerprint density at radius 1 is 1.28 bits per heavy atom. The molecule has 3 aromatic rings. The first-order valence-corrected chi connectivity index (χ1v) is 9.46. The van der Waals surface area contributed by atoms with Crippen molar-refractivity contribution in [2.24, 2.45) is 0 Å². The zero-order valence-electron chi connectivity index (χ0n) is 13.3. The average molecular weight is 431 g/mol. The second kappa shape index (κ2) is 7.83. The first-order chi connectivity index (χ1) is 12.1. The summed E-state index contributed by atoms with van der Waals surface area (Å²) in [7, 11) is 0. The Morgan fingerprint density at radius 2 is 2.04 bits per heavy atom. The quantitative estimate of drug-likeness (QED) is 0.480. The number of anilines is 1. The van der Waals surface area contributed by atoms with Gasteiger partial charge in [-0.25, -0.2) is 4.98 Å². The summed E-state index contributed by atoms with van der Waals surface area (Å²) >= 11 is 10.9. The zero-order chi connectivity index (χ0) is 17.8. The standard InChI is InChI=1S/C19H13BrClN3S/c1-12-2-7-17(16(20)8-12)23-10-14(9-22)19-24-18(11-25-19)13-3-5-15(21)6-4-13/h2-8,10-11,23H,1H3/b14-10+. The number of nitrogens with zero attached hydrogens (tertiary/aromatic N) is 2. The molecule has 25 heavy (non-hydrogen) atoms. The third-order valence-corrected chi connectivity index (χ3v) is 5.28.